The van der Waals surface area contributed by atoms with Crippen LogP contribution in [-0.4, -0.2) is 53.0 Å². The lowest BCUT2D eigenvalue weighted by Gasteiger charge is -2.25. The third kappa shape index (κ3) is 8.42. The minimum Gasteiger partial charge on any atom is -0.374 e. The SMILES string of the molecule is CCCCOCNc1nc(CC)nc(N(COCCCC)C(C)O)n1. The molecule has 0 saturated carbocycles. The number of nitrogens with zero attached hydrogens (tertiary/aromatic N) is 4. The first-order valence-electron chi connectivity index (χ1n) is 9.21. The van der Waals surface area contributed by atoms with Crippen molar-refractivity contribution >= 4 is 11.9 Å². The summed E-state index contributed by atoms with van der Waals surface area (Å²) in [5.74, 6) is 1.49. The summed E-state index contributed by atoms with van der Waals surface area (Å²) in [6.45, 7) is 9.79. The second-order valence-corrected chi connectivity index (χ2v) is 5.80. The van der Waals surface area contributed by atoms with Crippen LogP contribution in [0.25, 0.3) is 0 Å². The smallest absolute Gasteiger partial charge is 0.234 e. The summed E-state index contributed by atoms with van der Waals surface area (Å²) in [5, 5.41) is 13.1. The van der Waals surface area contributed by atoms with E-state index in [2.05, 4.69) is 34.1 Å². The zero-order valence-electron chi connectivity index (χ0n) is 16.0. The summed E-state index contributed by atoms with van der Waals surface area (Å²) in [5.41, 5.74) is 0. The molecule has 0 aliphatic heterocycles. The van der Waals surface area contributed by atoms with E-state index in [4.69, 9.17) is 9.47 Å². The number of nitrogens with one attached hydrogen (secondary N) is 1. The Hall–Kier alpha value is -1.51. The lowest BCUT2D eigenvalue weighted by atomic mass is 10.4. The van der Waals surface area contributed by atoms with Crippen molar-refractivity contribution in [1.29, 1.82) is 0 Å². The van der Waals surface area contributed by atoms with Gasteiger partial charge in [-0.1, -0.05) is 33.6 Å². The van der Waals surface area contributed by atoms with Crippen molar-refractivity contribution in [3.05, 3.63) is 5.82 Å². The molecule has 0 amide bonds. The van der Waals surface area contributed by atoms with E-state index in [0.717, 1.165) is 25.7 Å². The molecule has 0 radical (unpaired) electrons. The van der Waals surface area contributed by atoms with Crippen LogP contribution < -0.4 is 10.2 Å². The fraction of sp³-hybridized carbons (Fsp3) is 0.824. The number of hydrogen-bond acceptors (Lipinski definition) is 8. The molecule has 1 atom stereocenters. The normalized spacial score (nSPS) is 12.2. The average Bonchev–Trinajstić information content (AvgIpc) is 2.61. The number of aliphatic hydroxyl groups is 1. The molecule has 1 aromatic rings. The van der Waals surface area contributed by atoms with Gasteiger partial charge in [0.1, 0.15) is 25.5 Å². The fourth-order valence-corrected chi connectivity index (χ4v) is 1.95. The van der Waals surface area contributed by atoms with Gasteiger partial charge >= 0.3 is 0 Å². The molecule has 0 saturated heterocycles. The molecule has 0 aromatic carbocycles. The second kappa shape index (κ2) is 12.8. The zero-order chi connectivity index (χ0) is 18.5. The number of ether oxygens (including phenoxy) is 2. The van der Waals surface area contributed by atoms with Gasteiger partial charge in [-0.3, -0.25) is 4.90 Å². The Bertz CT molecular complexity index is 474. The lowest BCUT2D eigenvalue weighted by Crippen LogP contribution is -2.37. The predicted molar refractivity (Wildman–Crippen MR) is 98.4 cm³/mol. The Kier molecular flexibility index (Phi) is 11.0. The molecule has 0 spiro atoms. The second-order valence-electron chi connectivity index (χ2n) is 5.80. The monoisotopic (exact) mass is 355 g/mol. The van der Waals surface area contributed by atoms with Crippen LogP contribution in [0.2, 0.25) is 0 Å². The Morgan fingerprint density at radius 3 is 2.32 bits per heavy atom. The summed E-state index contributed by atoms with van der Waals surface area (Å²) in [6, 6.07) is 0. The molecule has 1 rings (SSSR count). The summed E-state index contributed by atoms with van der Waals surface area (Å²) in [6.07, 6.45) is 4.07. The molecule has 1 heterocycles. The van der Waals surface area contributed by atoms with Gasteiger partial charge in [0, 0.05) is 19.6 Å². The maximum Gasteiger partial charge on any atom is 0.234 e. The van der Waals surface area contributed by atoms with Crippen LogP contribution in [-0.2, 0) is 15.9 Å². The van der Waals surface area contributed by atoms with Crippen LogP contribution in [0.5, 0.6) is 0 Å². The van der Waals surface area contributed by atoms with Gasteiger partial charge in [-0.25, -0.2) is 0 Å². The van der Waals surface area contributed by atoms with E-state index >= 15 is 0 Å². The molecule has 0 aliphatic rings. The Morgan fingerprint density at radius 1 is 1.04 bits per heavy atom. The first-order valence-corrected chi connectivity index (χ1v) is 9.21. The summed E-state index contributed by atoms with van der Waals surface area (Å²) < 4.78 is 11.1. The summed E-state index contributed by atoms with van der Waals surface area (Å²) in [4.78, 5) is 14.8. The molecule has 0 fully saturated rings. The van der Waals surface area contributed by atoms with Gasteiger partial charge in [0.2, 0.25) is 11.9 Å². The van der Waals surface area contributed by atoms with E-state index in [-0.39, 0.29) is 6.73 Å². The number of anilines is 2. The van der Waals surface area contributed by atoms with E-state index < -0.39 is 6.23 Å². The molecular formula is C17H33N5O3. The minimum absolute atomic E-state index is 0.233. The van der Waals surface area contributed by atoms with Gasteiger partial charge in [-0.05, 0) is 19.8 Å². The molecule has 2 N–H and O–H groups in total. The quantitative estimate of drug-likeness (QED) is 0.388. The maximum atomic E-state index is 10.1. The van der Waals surface area contributed by atoms with Crippen LogP contribution >= 0.6 is 0 Å². The van der Waals surface area contributed by atoms with E-state index in [9.17, 15) is 5.11 Å². The lowest BCUT2D eigenvalue weighted by molar-refractivity contribution is 0.0884. The first kappa shape index (κ1) is 21.5. The number of aliphatic hydroxyl groups excluding tert-OH is 1. The Morgan fingerprint density at radius 2 is 1.72 bits per heavy atom. The van der Waals surface area contributed by atoms with Crippen LogP contribution in [0.15, 0.2) is 0 Å². The third-order valence-corrected chi connectivity index (χ3v) is 3.54. The van der Waals surface area contributed by atoms with Gasteiger partial charge in [0.25, 0.3) is 0 Å². The molecular weight excluding hydrogens is 322 g/mol. The van der Waals surface area contributed by atoms with Crippen molar-refractivity contribution < 1.29 is 14.6 Å². The molecule has 25 heavy (non-hydrogen) atoms. The highest BCUT2D eigenvalue weighted by Gasteiger charge is 2.17. The predicted octanol–water partition coefficient (Wildman–Crippen LogP) is 2.54. The van der Waals surface area contributed by atoms with Gasteiger partial charge in [0.15, 0.2) is 0 Å². The number of unbranched alkanes of at least 4 members (excludes halogenated alkanes) is 2. The highest BCUT2D eigenvalue weighted by Crippen LogP contribution is 2.14. The standard InChI is InChI=1S/C17H33N5O3/c1-5-8-10-24-12-18-16-19-15(7-3)20-17(21-16)22(14(4)23)13-25-11-9-6-2/h14,23H,5-13H2,1-4H3,(H,18,19,20,21). The van der Waals surface area contributed by atoms with Crippen LogP contribution in [0, 0.1) is 0 Å². The van der Waals surface area contributed by atoms with Crippen molar-refractivity contribution in [2.75, 3.05) is 36.9 Å². The highest BCUT2D eigenvalue weighted by molar-refractivity contribution is 5.37. The number of aryl methyl sites for hydroxylation is 1. The first-order chi connectivity index (χ1) is 12.1. The van der Waals surface area contributed by atoms with E-state index in [1.54, 1.807) is 11.8 Å². The van der Waals surface area contributed by atoms with Gasteiger partial charge in [0.05, 0.1) is 0 Å². The Labute approximate surface area is 151 Å². The van der Waals surface area contributed by atoms with Crippen molar-refractivity contribution in [3.8, 4) is 0 Å². The zero-order valence-corrected chi connectivity index (χ0v) is 16.0. The highest BCUT2D eigenvalue weighted by atomic mass is 16.5. The third-order valence-electron chi connectivity index (χ3n) is 3.54. The molecule has 0 aliphatic carbocycles. The van der Waals surface area contributed by atoms with Crippen LogP contribution in [0.3, 0.4) is 0 Å². The summed E-state index contributed by atoms with van der Waals surface area (Å²) in [7, 11) is 0. The summed E-state index contributed by atoms with van der Waals surface area (Å²) >= 11 is 0. The maximum absolute atomic E-state index is 10.1. The topological polar surface area (TPSA) is 92.6 Å². The molecule has 1 unspecified atom stereocenters. The van der Waals surface area contributed by atoms with E-state index in [1.807, 2.05) is 6.92 Å². The average molecular weight is 355 g/mol. The van der Waals surface area contributed by atoms with Crippen molar-refractivity contribution in [3.63, 3.8) is 0 Å². The van der Waals surface area contributed by atoms with E-state index in [1.165, 1.54) is 0 Å². The molecule has 8 nitrogen and oxygen atoms in total. The van der Waals surface area contributed by atoms with Gasteiger partial charge in [-0.15, -0.1) is 0 Å². The number of hydrogen-bond donors (Lipinski definition) is 2. The molecule has 8 heteroatoms. The minimum atomic E-state index is -0.762. The van der Waals surface area contributed by atoms with Crippen LogP contribution in [0.4, 0.5) is 11.9 Å². The van der Waals surface area contributed by atoms with Crippen LogP contribution in [0.1, 0.15) is 59.2 Å². The molecule has 0 bridgehead atoms. The largest absolute Gasteiger partial charge is 0.374 e. The number of rotatable bonds is 14. The van der Waals surface area contributed by atoms with Crippen molar-refractivity contribution in [1.82, 2.24) is 15.0 Å². The Balaban J connectivity index is 2.75. The molecule has 144 valence electrons. The number of aromatic nitrogens is 3. The van der Waals surface area contributed by atoms with Crippen molar-refractivity contribution in [2.45, 2.75) is 66.0 Å². The van der Waals surface area contributed by atoms with E-state index in [0.29, 0.717) is 44.1 Å². The van der Waals surface area contributed by atoms with Gasteiger partial charge < -0.3 is 19.9 Å². The molecule has 1 aromatic heterocycles. The fourth-order valence-electron chi connectivity index (χ4n) is 1.95. The van der Waals surface area contributed by atoms with Gasteiger partial charge in [-0.2, -0.15) is 15.0 Å². The van der Waals surface area contributed by atoms with Crippen molar-refractivity contribution in [2.24, 2.45) is 0 Å².